The molecule has 0 fully saturated rings. The molecule has 0 atom stereocenters. The molecule has 0 aliphatic carbocycles. The van der Waals surface area contributed by atoms with E-state index in [9.17, 15) is 8.42 Å². The van der Waals surface area contributed by atoms with Crippen LogP contribution in [0.3, 0.4) is 0 Å². The van der Waals surface area contributed by atoms with Crippen LogP contribution in [0.15, 0.2) is 35.4 Å². The van der Waals surface area contributed by atoms with Crippen LogP contribution < -0.4 is 15.2 Å². The summed E-state index contributed by atoms with van der Waals surface area (Å²) in [4.78, 5) is 0.174. The summed E-state index contributed by atoms with van der Waals surface area (Å²) in [6.45, 7) is 2.49. The second-order valence-corrected chi connectivity index (χ2v) is 6.17. The van der Waals surface area contributed by atoms with Gasteiger partial charge >= 0.3 is 0 Å². The fraction of sp³-hybridized carbons (Fsp3) is 0.308. The summed E-state index contributed by atoms with van der Waals surface area (Å²) in [5, 5.41) is 3.96. The van der Waals surface area contributed by atoms with Crippen LogP contribution in [0, 0.1) is 0 Å². The van der Waals surface area contributed by atoms with Crippen LogP contribution >= 0.6 is 0 Å². The Bertz CT molecular complexity index is 708. The Morgan fingerprint density at radius 3 is 2.52 bits per heavy atom. The molecule has 3 N–H and O–H groups in total. The molecule has 7 nitrogen and oxygen atoms in total. The molecule has 0 saturated carbocycles. The normalized spacial score (nSPS) is 11.5. The predicted molar refractivity (Wildman–Crippen MR) is 79.3 cm³/mol. The molecule has 8 heteroatoms. The van der Waals surface area contributed by atoms with Gasteiger partial charge in [0, 0.05) is 19.2 Å². The van der Waals surface area contributed by atoms with E-state index in [0.717, 1.165) is 0 Å². The van der Waals surface area contributed by atoms with Crippen molar-refractivity contribution in [3.8, 4) is 5.75 Å². The Kier molecular flexibility index (Phi) is 4.49. The molecule has 21 heavy (non-hydrogen) atoms. The summed E-state index contributed by atoms with van der Waals surface area (Å²) in [5.41, 5.74) is 6.40. The van der Waals surface area contributed by atoms with Gasteiger partial charge in [-0.1, -0.05) is 0 Å². The zero-order chi connectivity index (χ0) is 15.5. The van der Waals surface area contributed by atoms with E-state index in [1.165, 1.54) is 23.0 Å². The summed E-state index contributed by atoms with van der Waals surface area (Å²) in [5.74, 6) is 1.07. The highest BCUT2D eigenvalue weighted by atomic mass is 32.2. The van der Waals surface area contributed by atoms with E-state index in [0.29, 0.717) is 23.7 Å². The van der Waals surface area contributed by atoms with Gasteiger partial charge in [0.2, 0.25) is 10.0 Å². The summed E-state index contributed by atoms with van der Waals surface area (Å²) in [6.07, 6.45) is 1.54. The number of sulfonamides is 1. The number of aromatic nitrogens is 2. The third kappa shape index (κ3) is 3.53. The number of nitrogen functional groups attached to an aromatic ring is 1. The minimum absolute atomic E-state index is 0.0925. The van der Waals surface area contributed by atoms with E-state index in [1.54, 1.807) is 19.2 Å². The highest BCUT2D eigenvalue weighted by Crippen LogP contribution is 2.17. The van der Waals surface area contributed by atoms with Crippen molar-refractivity contribution in [2.45, 2.75) is 18.4 Å². The fourth-order valence-electron chi connectivity index (χ4n) is 1.77. The Hall–Kier alpha value is -2.06. The summed E-state index contributed by atoms with van der Waals surface area (Å²) in [6, 6.07) is 6.24. The summed E-state index contributed by atoms with van der Waals surface area (Å²) in [7, 11) is -1.90. The van der Waals surface area contributed by atoms with Crippen molar-refractivity contribution in [2.24, 2.45) is 7.05 Å². The highest BCUT2D eigenvalue weighted by molar-refractivity contribution is 7.89. The SMILES string of the molecule is CCOc1ccc(S(=O)(=O)NCc2cnn(C)c2N)cc1. The predicted octanol–water partition coefficient (Wildman–Crippen LogP) is 0.879. The summed E-state index contributed by atoms with van der Waals surface area (Å²) >= 11 is 0. The number of rotatable bonds is 6. The monoisotopic (exact) mass is 310 g/mol. The molecule has 0 spiro atoms. The molecule has 0 bridgehead atoms. The van der Waals surface area contributed by atoms with Gasteiger partial charge in [0.15, 0.2) is 0 Å². The first-order chi connectivity index (χ1) is 9.94. The van der Waals surface area contributed by atoms with Gasteiger partial charge in [0.05, 0.1) is 17.7 Å². The van der Waals surface area contributed by atoms with E-state index in [2.05, 4.69) is 9.82 Å². The van der Waals surface area contributed by atoms with E-state index < -0.39 is 10.0 Å². The van der Waals surface area contributed by atoms with Crippen LogP contribution in [0.25, 0.3) is 0 Å². The highest BCUT2D eigenvalue weighted by Gasteiger charge is 2.15. The molecule has 0 radical (unpaired) electrons. The number of aryl methyl sites for hydroxylation is 1. The Balaban J connectivity index is 2.09. The molecule has 0 amide bonds. The maximum atomic E-state index is 12.2. The van der Waals surface area contributed by atoms with Gasteiger partial charge < -0.3 is 10.5 Å². The average molecular weight is 310 g/mol. The van der Waals surface area contributed by atoms with Crippen molar-refractivity contribution in [3.05, 3.63) is 36.0 Å². The third-order valence-electron chi connectivity index (χ3n) is 2.96. The lowest BCUT2D eigenvalue weighted by atomic mass is 10.3. The third-order valence-corrected chi connectivity index (χ3v) is 4.38. The molecule has 1 aromatic heterocycles. The quantitative estimate of drug-likeness (QED) is 0.825. The van der Waals surface area contributed by atoms with E-state index in [1.807, 2.05) is 6.92 Å². The number of benzene rings is 1. The molecule has 1 aromatic carbocycles. The van der Waals surface area contributed by atoms with Crippen LogP contribution in [0.1, 0.15) is 12.5 Å². The van der Waals surface area contributed by atoms with E-state index in [-0.39, 0.29) is 11.4 Å². The van der Waals surface area contributed by atoms with Gasteiger partial charge in [-0.15, -0.1) is 0 Å². The average Bonchev–Trinajstić information content (AvgIpc) is 2.78. The number of nitrogens with zero attached hydrogens (tertiary/aromatic N) is 2. The Morgan fingerprint density at radius 2 is 2.00 bits per heavy atom. The molecule has 2 aromatic rings. The second-order valence-electron chi connectivity index (χ2n) is 4.41. The van der Waals surface area contributed by atoms with Gasteiger partial charge in [-0.3, -0.25) is 4.68 Å². The number of nitrogens with one attached hydrogen (secondary N) is 1. The van der Waals surface area contributed by atoms with Crippen molar-refractivity contribution in [2.75, 3.05) is 12.3 Å². The van der Waals surface area contributed by atoms with Gasteiger partial charge in [0.1, 0.15) is 11.6 Å². The number of hydrogen-bond donors (Lipinski definition) is 2. The van der Waals surface area contributed by atoms with Crippen molar-refractivity contribution < 1.29 is 13.2 Å². The van der Waals surface area contributed by atoms with E-state index >= 15 is 0 Å². The largest absolute Gasteiger partial charge is 0.494 e. The minimum atomic E-state index is -3.60. The van der Waals surface area contributed by atoms with Gasteiger partial charge in [0.25, 0.3) is 0 Å². The lowest BCUT2D eigenvalue weighted by Gasteiger charge is -2.08. The number of ether oxygens (including phenoxy) is 1. The molecular formula is C13H18N4O3S. The zero-order valence-electron chi connectivity index (χ0n) is 11.9. The first kappa shape index (κ1) is 15.3. The van der Waals surface area contributed by atoms with Crippen LogP contribution in [0.2, 0.25) is 0 Å². The van der Waals surface area contributed by atoms with Crippen molar-refractivity contribution in [3.63, 3.8) is 0 Å². The van der Waals surface area contributed by atoms with Crippen LogP contribution in [0.5, 0.6) is 5.75 Å². The van der Waals surface area contributed by atoms with Gasteiger partial charge in [-0.05, 0) is 31.2 Å². The van der Waals surface area contributed by atoms with Crippen LogP contribution in [0.4, 0.5) is 5.82 Å². The summed E-state index contributed by atoms with van der Waals surface area (Å²) < 4.78 is 33.6. The Morgan fingerprint density at radius 1 is 1.33 bits per heavy atom. The molecule has 114 valence electrons. The first-order valence-electron chi connectivity index (χ1n) is 6.43. The zero-order valence-corrected chi connectivity index (χ0v) is 12.7. The van der Waals surface area contributed by atoms with Gasteiger partial charge in [-0.2, -0.15) is 5.10 Å². The standard InChI is InChI=1S/C13H18N4O3S/c1-3-20-11-4-6-12(7-5-11)21(18,19)16-9-10-8-15-17(2)13(10)14/h4-8,16H,3,9,14H2,1-2H3. The molecule has 1 heterocycles. The fourth-order valence-corrected chi connectivity index (χ4v) is 2.77. The van der Waals surface area contributed by atoms with Crippen molar-refractivity contribution >= 4 is 15.8 Å². The molecule has 0 aliphatic heterocycles. The van der Waals surface area contributed by atoms with Gasteiger partial charge in [-0.25, -0.2) is 13.1 Å². The molecule has 0 aliphatic rings. The van der Waals surface area contributed by atoms with Crippen molar-refractivity contribution in [1.82, 2.24) is 14.5 Å². The maximum absolute atomic E-state index is 12.2. The minimum Gasteiger partial charge on any atom is -0.494 e. The second kappa shape index (κ2) is 6.15. The Labute approximate surface area is 123 Å². The number of anilines is 1. The lowest BCUT2D eigenvalue weighted by Crippen LogP contribution is -2.23. The maximum Gasteiger partial charge on any atom is 0.240 e. The topological polar surface area (TPSA) is 99.2 Å². The van der Waals surface area contributed by atoms with Crippen LogP contribution in [-0.4, -0.2) is 24.8 Å². The molecular weight excluding hydrogens is 292 g/mol. The number of nitrogens with two attached hydrogens (primary N) is 1. The van der Waals surface area contributed by atoms with Crippen LogP contribution in [-0.2, 0) is 23.6 Å². The van der Waals surface area contributed by atoms with E-state index in [4.69, 9.17) is 10.5 Å². The number of hydrogen-bond acceptors (Lipinski definition) is 5. The molecule has 0 unspecified atom stereocenters. The van der Waals surface area contributed by atoms with Crippen molar-refractivity contribution in [1.29, 1.82) is 0 Å². The molecule has 2 rings (SSSR count). The first-order valence-corrected chi connectivity index (χ1v) is 7.91. The lowest BCUT2D eigenvalue weighted by molar-refractivity contribution is 0.340. The molecule has 0 saturated heterocycles. The smallest absolute Gasteiger partial charge is 0.240 e.